The fourth-order valence-electron chi connectivity index (χ4n) is 3.73. The monoisotopic (exact) mass is 406 g/mol. The largest absolute Gasteiger partial charge is 0.439 e. The number of piperazine rings is 1. The molecule has 6 heteroatoms. The van der Waals surface area contributed by atoms with Gasteiger partial charge in [-0.2, -0.15) is 0 Å². The van der Waals surface area contributed by atoms with E-state index in [1.807, 2.05) is 29.2 Å². The first-order valence-corrected chi connectivity index (χ1v) is 10.8. The molecule has 1 saturated heterocycles. The van der Waals surface area contributed by atoms with Crippen molar-refractivity contribution in [1.29, 1.82) is 0 Å². The first kappa shape index (κ1) is 20.4. The minimum absolute atomic E-state index is 0.0469. The number of carbonyl (C=O) groups is 1. The van der Waals surface area contributed by atoms with Gasteiger partial charge in [-0.05, 0) is 35.6 Å². The summed E-state index contributed by atoms with van der Waals surface area (Å²) < 4.78 is 5.97. The highest BCUT2D eigenvalue weighted by molar-refractivity contribution is 5.80. The zero-order chi connectivity index (χ0) is 20.9. The molecule has 0 radical (unpaired) electrons. The van der Waals surface area contributed by atoms with E-state index in [4.69, 9.17) is 9.40 Å². The van der Waals surface area contributed by atoms with Crippen molar-refractivity contribution in [3.8, 4) is 11.1 Å². The van der Waals surface area contributed by atoms with Gasteiger partial charge in [0.1, 0.15) is 5.52 Å². The van der Waals surface area contributed by atoms with Crippen LogP contribution in [0, 0.1) is 5.92 Å². The van der Waals surface area contributed by atoms with Gasteiger partial charge in [0, 0.05) is 32.7 Å². The maximum Gasteiger partial charge on any atom is 0.317 e. The van der Waals surface area contributed by atoms with Crippen LogP contribution in [-0.4, -0.2) is 53.5 Å². The molecular formula is C24H30N4O2. The maximum absolute atomic E-state index is 12.3. The summed E-state index contributed by atoms with van der Waals surface area (Å²) in [7, 11) is 0. The third-order valence-electron chi connectivity index (χ3n) is 5.56. The lowest BCUT2D eigenvalue weighted by Gasteiger charge is -2.34. The second-order valence-electron chi connectivity index (χ2n) is 8.33. The van der Waals surface area contributed by atoms with E-state index in [0.29, 0.717) is 12.5 Å². The van der Waals surface area contributed by atoms with Crippen LogP contribution in [0.4, 0.5) is 4.79 Å². The number of benzene rings is 2. The summed E-state index contributed by atoms with van der Waals surface area (Å²) in [6, 6.07) is 16.5. The lowest BCUT2D eigenvalue weighted by Crippen LogP contribution is -2.51. The number of carbonyl (C=O) groups excluding carboxylic acids is 1. The van der Waals surface area contributed by atoms with E-state index in [1.54, 1.807) is 0 Å². The van der Waals surface area contributed by atoms with Crippen LogP contribution in [0.25, 0.3) is 22.2 Å². The van der Waals surface area contributed by atoms with Crippen LogP contribution in [0.15, 0.2) is 52.9 Å². The van der Waals surface area contributed by atoms with Crippen molar-refractivity contribution >= 4 is 17.1 Å². The summed E-state index contributed by atoms with van der Waals surface area (Å²) >= 11 is 0. The molecule has 3 aromatic rings. The van der Waals surface area contributed by atoms with E-state index >= 15 is 0 Å². The third-order valence-corrected chi connectivity index (χ3v) is 5.56. The quantitative estimate of drug-likeness (QED) is 0.660. The SMILES string of the molecule is CC(C)CCNC(=O)N1CCN(Cc2nc3cc(-c4ccccc4)ccc3o2)CC1. The van der Waals surface area contributed by atoms with Crippen molar-refractivity contribution in [2.45, 2.75) is 26.8 Å². The molecule has 0 bridgehead atoms. The molecule has 30 heavy (non-hydrogen) atoms. The highest BCUT2D eigenvalue weighted by Gasteiger charge is 2.22. The number of nitrogens with one attached hydrogen (secondary N) is 1. The molecule has 6 nitrogen and oxygen atoms in total. The predicted octanol–water partition coefficient (Wildman–Crippen LogP) is 4.37. The topological polar surface area (TPSA) is 61.6 Å². The van der Waals surface area contributed by atoms with Crippen molar-refractivity contribution in [1.82, 2.24) is 20.1 Å². The number of fused-ring (bicyclic) bond motifs is 1. The minimum Gasteiger partial charge on any atom is -0.439 e. The number of oxazole rings is 1. The van der Waals surface area contributed by atoms with E-state index in [9.17, 15) is 4.79 Å². The second-order valence-corrected chi connectivity index (χ2v) is 8.33. The Balaban J connectivity index is 1.32. The van der Waals surface area contributed by atoms with E-state index < -0.39 is 0 Å². The molecular weight excluding hydrogens is 376 g/mol. The Morgan fingerprint density at radius 1 is 1.07 bits per heavy atom. The molecule has 1 aromatic heterocycles. The Labute approximate surface area is 177 Å². The molecule has 2 aromatic carbocycles. The molecule has 1 N–H and O–H groups in total. The summed E-state index contributed by atoms with van der Waals surface area (Å²) in [5.41, 5.74) is 4.01. The number of hydrogen-bond acceptors (Lipinski definition) is 4. The highest BCUT2D eigenvalue weighted by Crippen LogP contribution is 2.25. The number of rotatable bonds is 6. The molecule has 0 saturated carbocycles. The van der Waals surface area contributed by atoms with Crippen LogP contribution in [0.1, 0.15) is 26.2 Å². The van der Waals surface area contributed by atoms with Gasteiger partial charge in [0.05, 0.1) is 6.54 Å². The van der Waals surface area contributed by atoms with Crippen molar-refractivity contribution in [2.24, 2.45) is 5.92 Å². The Morgan fingerprint density at radius 3 is 2.57 bits per heavy atom. The van der Waals surface area contributed by atoms with E-state index in [-0.39, 0.29) is 6.03 Å². The van der Waals surface area contributed by atoms with Gasteiger partial charge < -0.3 is 14.6 Å². The molecule has 0 aliphatic carbocycles. The normalized spacial score (nSPS) is 15.1. The van der Waals surface area contributed by atoms with Gasteiger partial charge in [-0.25, -0.2) is 9.78 Å². The summed E-state index contributed by atoms with van der Waals surface area (Å²) in [4.78, 5) is 21.2. The van der Waals surface area contributed by atoms with Crippen molar-refractivity contribution < 1.29 is 9.21 Å². The number of nitrogens with zero attached hydrogens (tertiary/aromatic N) is 3. The van der Waals surface area contributed by atoms with E-state index in [0.717, 1.165) is 61.7 Å². The van der Waals surface area contributed by atoms with Gasteiger partial charge in [-0.3, -0.25) is 4.90 Å². The molecule has 1 aliphatic rings. The van der Waals surface area contributed by atoms with Crippen molar-refractivity contribution in [2.75, 3.05) is 32.7 Å². The smallest absolute Gasteiger partial charge is 0.317 e. The second kappa shape index (κ2) is 9.30. The summed E-state index contributed by atoms with van der Waals surface area (Å²) in [6.07, 6.45) is 1.01. The zero-order valence-electron chi connectivity index (χ0n) is 17.8. The van der Waals surface area contributed by atoms with Gasteiger partial charge in [0.25, 0.3) is 0 Å². The summed E-state index contributed by atoms with van der Waals surface area (Å²) in [5.74, 6) is 1.33. The highest BCUT2D eigenvalue weighted by atomic mass is 16.3. The standard InChI is InChI=1S/C24H30N4O2/c1-18(2)10-11-25-24(29)28-14-12-27(13-15-28)17-23-26-21-16-20(8-9-22(21)30-23)19-6-4-3-5-7-19/h3-9,16,18H,10-15,17H2,1-2H3,(H,25,29). The number of hydrogen-bond donors (Lipinski definition) is 1. The van der Waals surface area contributed by atoms with Gasteiger partial charge >= 0.3 is 6.03 Å². The fourth-order valence-corrected chi connectivity index (χ4v) is 3.73. The lowest BCUT2D eigenvalue weighted by molar-refractivity contribution is 0.129. The zero-order valence-corrected chi connectivity index (χ0v) is 17.8. The van der Waals surface area contributed by atoms with Crippen LogP contribution in [-0.2, 0) is 6.54 Å². The van der Waals surface area contributed by atoms with Crippen LogP contribution in [0.5, 0.6) is 0 Å². The Kier molecular flexibility index (Phi) is 6.33. The summed E-state index contributed by atoms with van der Waals surface area (Å²) in [6.45, 7) is 8.84. The summed E-state index contributed by atoms with van der Waals surface area (Å²) in [5, 5.41) is 3.02. The number of aromatic nitrogens is 1. The minimum atomic E-state index is 0.0469. The van der Waals surface area contributed by atoms with Gasteiger partial charge in [0.15, 0.2) is 5.58 Å². The molecule has 0 spiro atoms. The molecule has 1 aliphatic heterocycles. The molecule has 4 rings (SSSR count). The lowest BCUT2D eigenvalue weighted by atomic mass is 10.1. The molecule has 0 unspecified atom stereocenters. The average molecular weight is 407 g/mol. The van der Waals surface area contributed by atoms with Crippen LogP contribution >= 0.6 is 0 Å². The van der Waals surface area contributed by atoms with Crippen LogP contribution < -0.4 is 5.32 Å². The first-order chi connectivity index (χ1) is 14.6. The fraction of sp³-hybridized carbons (Fsp3) is 0.417. The number of amides is 2. The molecule has 1 fully saturated rings. The van der Waals surface area contributed by atoms with Crippen molar-refractivity contribution in [3.63, 3.8) is 0 Å². The van der Waals surface area contributed by atoms with E-state index in [2.05, 4.69) is 48.3 Å². The van der Waals surface area contributed by atoms with Crippen LogP contribution in [0.3, 0.4) is 0 Å². The van der Waals surface area contributed by atoms with E-state index in [1.165, 1.54) is 5.56 Å². The maximum atomic E-state index is 12.3. The van der Waals surface area contributed by atoms with Gasteiger partial charge in [-0.15, -0.1) is 0 Å². The van der Waals surface area contributed by atoms with Gasteiger partial charge in [-0.1, -0.05) is 50.2 Å². The Hall–Kier alpha value is -2.86. The molecule has 2 heterocycles. The number of urea groups is 1. The molecule has 0 atom stereocenters. The Morgan fingerprint density at radius 2 is 1.83 bits per heavy atom. The average Bonchev–Trinajstić information content (AvgIpc) is 3.16. The van der Waals surface area contributed by atoms with Crippen LogP contribution in [0.2, 0.25) is 0 Å². The molecule has 158 valence electrons. The van der Waals surface area contributed by atoms with Gasteiger partial charge in [0.2, 0.25) is 5.89 Å². The molecule has 2 amide bonds. The predicted molar refractivity (Wildman–Crippen MR) is 119 cm³/mol. The van der Waals surface area contributed by atoms with Crippen molar-refractivity contribution in [3.05, 3.63) is 54.4 Å². The third kappa shape index (κ3) is 5.00. The first-order valence-electron chi connectivity index (χ1n) is 10.8. The Bertz CT molecular complexity index is 975.